The molecule has 0 bridgehead atoms. The molecule has 0 aliphatic carbocycles. The molecule has 2 heterocycles. The quantitative estimate of drug-likeness (QED) is 0.339. The van der Waals surface area contributed by atoms with Crippen LogP contribution in [0, 0.1) is 0 Å². The zero-order chi connectivity index (χ0) is 24.1. The molecule has 0 atom stereocenters. The lowest BCUT2D eigenvalue weighted by molar-refractivity contribution is -0.142. The second kappa shape index (κ2) is 10.5. The molecule has 0 amide bonds. The lowest BCUT2D eigenvalue weighted by atomic mass is 9.99. The van der Waals surface area contributed by atoms with E-state index in [0.29, 0.717) is 31.5 Å². The van der Waals surface area contributed by atoms with Gasteiger partial charge in [0.25, 0.3) is 0 Å². The summed E-state index contributed by atoms with van der Waals surface area (Å²) in [4.78, 5) is 16.4. The number of hydrogen-bond donors (Lipinski definition) is 1. The van der Waals surface area contributed by atoms with E-state index in [1.165, 1.54) is 5.39 Å². The van der Waals surface area contributed by atoms with Crippen LogP contribution in [0.4, 0.5) is 0 Å². The van der Waals surface area contributed by atoms with Crippen LogP contribution in [0.3, 0.4) is 0 Å². The number of nitrogens with zero attached hydrogens (tertiary/aromatic N) is 2. The molecule has 0 radical (unpaired) electrons. The Bertz CT molecular complexity index is 1290. The number of para-hydroxylation sites is 1. The second-order valence-electron chi connectivity index (χ2n) is 8.51. The number of fused-ring (bicyclic) bond motifs is 1. The van der Waals surface area contributed by atoms with Crippen LogP contribution < -0.4 is 10.5 Å². The molecule has 6 nitrogen and oxygen atoms in total. The first-order valence-corrected chi connectivity index (χ1v) is 11.6. The summed E-state index contributed by atoms with van der Waals surface area (Å²) in [6.07, 6.45) is 4.12. The molecule has 0 unspecified atom stereocenters. The monoisotopic (exact) mass is 457 g/mol. The third-order valence-corrected chi connectivity index (χ3v) is 5.80. The number of rotatable bonds is 9. The summed E-state index contributed by atoms with van der Waals surface area (Å²) in [7, 11) is 0. The molecule has 0 saturated heterocycles. The SMILES string of the molecule is CCOC(=O)Cc1ccccc1OCc1cc(-c2ccnc(CN)c2)c2ccn(C(C)C)c2c1. The number of esters is 1. The van der Waals surface area contributed by atoms with E-state index >= 15 is 0 Å². The van der Waals surface area contributed by atoms with Gasteiger partial charge in [-0.25, -0.2) is 0 Å². The van der Waals surface area contributed by atoms with E-state index in [1.54, 1.807) is 13.1 Å². The van der Waals surface area contributed by atoms with Gasteiger partial charge in [0.15, 0.2) is 0 Å². The van der Waals surface area contributed by atoms with Gasteiger partial charge >= 0.3 is 5.97 Å². The van der Waals surface area contributed by atoms with Gasteiger partial charge in [0.1, 0.15) is 12.4 Å². The summed E-state index contributed by atoms with van der Waals surface area (Å²) in [6, 6.07) is 18.5. The third kappa shape index (κ3) is 5.13. The summed E-state index contributed by atoms with van der Waals surface area (Å²) >= 11 is 0. The van der Waals surface area contributed by atoms with Gasteiger partial charge in [0.2, 0.25) is 0 Å². The van der Waals surface area contributed by atoms with Gasteiger partial charge in [-0.3, -0.25) is 9.78 Å². The smallest absolute Gasteiger partial charge is 0.310 e. The molecular formula is C28H31N3O3. The molecule has 6 heteroatoms. The number of ether oxygens (including phenoxy) is 2. The van der Waals surface area contributed by atoms with Crippen LogP contribution in [0.1, 0.15) is 43.6 Å². The molecule has 4 rings (SSSR count). The Morgan fingerprint density at radius 1 is 1.12 bits per heavy atom. The predicted molar refractivity (Wildman–Crippen MR) is 135 cm³/mol. The van der Waals surface area contributed by atoms with Crippen molar-refractivity contribution in [2.24, 2.45) is 5.73 Å². The van der Waals surface area contributed by atoms with Crippen molar-refractivity contribution in [3.63, 3.8) is 0 Å². The minimum Gasteiger partial charge on any atom is -0.489 e. The van der Waals surface area contributed by atoms with E-state index in [0.717, 1.165) is 33.5 Å². The van der Waals surface area contributed by atoms with Gasteiger partial charge in [0.05, 0.1) is 18.7 Å². The maximum atomic E-state index is 12.0. The fraction of sp³-hybridized carbons (Fsp3) is 0.286. The number of benzene rings is 2. The molecule has 2 aromatic carbocycles. The summed E-state index contributed by atoms with van der Waals surface area (Å²) in [5, 5.41) is 1.18. The molecular weight excluding hydrogens is 426 g/mol. The Hall–Kier alpha value is -3.64. The van der Waals surface area contributed by atoms with E-state index in [-0.39, 0.29) is 12.4 Å². The number of aromatic nitrogens is 2. The molecule has 34 heavy (non-hydrogen) atoms. The molecule has 0 spiro atoms. The van der Waals surface area contributed by atoms with Crippen LogP contribution in [0.5, 0.6) is 5.75 Å². The first kappa shape index (κ1) is 23.5. The Balaban J connectivity index is 1.70. The average Bonchev–Trinajstić information content (AvgIpc) is 3.27. The summed E-state index contributed by atoms with van der Waals surface area (Å²) in [5.74, 6) is 0.427. The Morgan fingerprint density at radius 2 is 1.94 bits per heavy atom. The molecule has 0 fully saturated rings. The van der Waals surface area contributed by atoms with Crippen molar-refractivity contribution in [3.8, 4) is 16.9 Å². The Labute approximate surface area is 200 Å². The van der Waals surface area contributed by atoms with Gasteiger partial charge in [-0.05, 0) is 73.9 Å². The highest BCUT2D eigenvalue weighted by Gasteiger charge is 2.14. The zero-order valence-corrected chi connectivity index (χ0v) is 20.0. The van der Waals surface area contributed by atoms with Crippen LogP contribution >= 0.6 is 0 Å². The van der Waals surface area contributed by atoms with Crippen LogP contribution in [-0.4, -0.2) is 22.1 Å². The van der Waals surface area contributed by atoms with Crippen molar-refractivity contribution in [2.45, 2.75) is 46.4 Å². The van der Waals surface area contributed by atoms with E-state index in [9.17, 15) is 4.79 Å². The summed E-state index contributed by atoms with van der Waals surface area (Å²) in [5.41, 5.74) is 11.9. The lowest BCUT2D eigenvalue weighted by Crippen LogP contribution is -2.09. The fourth-order valence-corrected chi connectivity index (χ4v) is 4.17. The highest BCUT2D eigenvalue weighted by Crippen LogP contribution is 2.33. The first-order valence-electron chi connectivity index (χ1n) is 11.6. The Morgan fingerprint density at radius 3 is 2.71 bits per heavy atom. The van der Waals surface area contributed by atoms with E-state index in [2.05, 4.69) is 47.8 Å². The second-order valence-corrected chi connectivity index (χ2v) is 8.51. The van der Waals surface area contributed by atoms with Gasteiger partial charge in [-0.1, -0.05) is 18.2 Å². The maximum absolute atomic E-state index is 12.0. The highest BCUT2D eigenvalue weighted by atomic mass is 16.5. The average molecular weight is 458 g/mol. The van der Waals surface area contributed by atoms with Crippen LogP contribution in [0.15, 0.2) is 67.0 Å². The fourth-order valence-electron chi connectivity index (χ4n) is 4.17. The minimum atomic E-state index is -0.259. The number of carbonyl (C=O) groups excluding carboxylic acids is 1. The lowest BCUT2D eigenvalue weighted by Gasteiger charge is -2.15. The topological polar surface area (TPSA) is 79.4 Å². The van der Waals surface area contributed by atoms with Crippen molar-refractivity contribution in [3.05, 3.63) is 83.8 Å². The molecule has 176 valence electrons. The molecule has 2 N–H and O–H groups in total. The van der Waals surface area contributed by atoms with Crippen molar-refractivity contribution >= 4 is 16.9 Å². The predicted octanol–water partition coefficient (Wildman–Crippen LogP) is 5.43. The van der Waals surface area contributed by atoms with Crippen LogP contribution in [0.2, 0.25) is 0 Å². The summed E-state index contributed by atoms with van der Waals surface area (Å²) in [6.45, 7) is 7.28. The number of nitrogens with two attached hydrogens (primary N) is 1. The maximum Gasteiger partial charge on any atom is 0.310 e. The van der Waals surface area contributed by atoms with Crippen molar-refractivity contribution < 1.29 is 14.3 Å². The summed E-state index contributed by atoms with van der Waals surface area (Å²) < 4.78 is 13.6. The number of pyridine rings is 1. The van der Waals surface area contributed by atoms with Crippen LogP contribution in [-0.2, 0) is 29.1 Å². The van der Waals surface area contributed by atoms with Gasteiger partial charge < -0.3 is 19.8 Å². The molecule has 2 aromatic heterocycles. The zero-order valence-electron chi connectivity index (χ0n) is 20.0. The molecule has 0 saturated carbocycles. The first-order chi connectivity index (χ1) is 16.5. The van der Waals surface area contributed by atoms with E-state index in [1.807, 2.05) is 36.4 Å². The van der Waals surface area contributed by atoms with E-state index < -0.39 is 0 Å². The number of carbonyl (C=O) groups is 1. The van der Waals surface area contributed by atoms with Gasteiger partial charge in [-0.2, -0.15) is 0 Å². The van der Waals surface area contributed by atoms with E-state index in [4.69, 9.17) is 15.2 Å². The highest BCUT2D eigenvalue weighted by molar-refractivity contribution is 5.96. The molecule has 0 aliphatic rings. The van der Waals surface area contributed by atoms with Gasteiger partial charge in [-0.15, -0.1) is 0 Å². The van der Waals surface area contributed by atoms with Gasteiger partial charge in [0, 0.05) is 41.4 Å². The van der Waals surface area contributed by atoms with Crippen molar-refractivity contribution in [2.75, 3.05) is 6.61 Å². The standard InChI is InChI=1S/C28H31N3O3/c1-4-33-28(32)16-22-7-5-6-8-27(22)34-18-20-13-25(21-9-11-30-23(15-21)17-29)24-10-12-31(19(2)3)26(24)14-20/h5-15,19H,4,16-18,29H2,1-3H3. The van der Waals surface area contributed by atoms with Crippen molar-refractivity contribution in [1.29, 1.82) is 0 Å². The van der Waals surface area contributed by atoms with Crippen molar-refractivity contribution in [1.82, 2.24) is 9.55 Å². The minimum absolute atomic E-state index is 0.184. The third-order valence-electron chi connectivity index (χ3n) is 5.80. The molecule has 0 aliphatic heterocycles. The normalized spacial score (nSPS) is 11.2. The van der Waals surface area contributed by atoms with Crippen LogP contribution in [0.25, 0.3) is 22.0 Å². The largest absolute Gasteiger partial charge is 0.489 e. The number of hydrogen-bond acceptors (Lipinski definition) is 5. The Kier molecular flexibility index (Phi) is 7.28. The molecule has 4 aromatic rings.